The Labute approximate surface area is 95.6 Å². The van der Waals surface area contributed by atoms with Gasteiger partial charge in [0.15, 0.2) is 0 Å². The number of allylic oxidation sites excluding steroid dienone is 4. The van der Waals surface area contributed by atoms with Crippen molar-refractivity contribution in [1.29, 1.82) is 0 Å². The van der Waals surface area contributed by atoms with E-state index in [0.717, 1.165) is 19.4 Å². The molecule has 1 amide bonds. The minimum absolute atomic E-state index is 0.136. The summed E-state index contributed by atoms with van der Waals surface area (Å²) >= 11 is 5.67. The molecular formula is C12H16ClNO. The molecule has 2 nitrogen and oxygen atoms in total. The molecule has 15 heavy (non-hydrogen) atoms. The molecule has 0 aromatic heterocycles. The smallest absolute Gasteiger partial charge is 0.230 e. The maximum absolute atomic E-state index is 12.0. The molecule has 1 fully saturated rings. The average molecular weight is 226 g/mol. The second-order valence-electron chi connectivity index (χ2n) is 4.18. The standard InChI is InChI=1S/C12H16ClNO/c1-9-10-5-2-3-6-11(10)14(12(9)15)8-4-7-13/h2-3,6,9-10H,4-5,7-8H2,1H3. The van der Waals surface area contributed by atoms with Crippen molar-refractivity contribution in [3.63, 3.8) is 0 Å². The fourth-order valence-electron chi connectivity index (χ4n) is 2.39. The van der Waals surface area contributed by atoms with Crippen LogP contribution in [0.25, 0.3) is 0 Å². The molecule has 0 saturated carbocycles. The summed E-state index contributed by atoms with van der Waals surface area (Å²) < 4.78 is 0. The Balaban J connectivity index is 2.18. The normalized spacial score (nSPS) is 29.3. The van der Waals surface area contributed by atoms with E-state index in [4.69, 9.17) is 11.6 Å². The van der Waals surface area contributed by atoms with Crippen LogP contribution in [0, 0.1) is 11.8 Å². The summed E-state index contributed by atoms with van der Waals surface area (Å²) in [4.78, 5) is 13.9. The van der Waals surface area contributed by atoms with Crippen LogP contribution >= 0.6 is 11.6 Å². The summed E-state index contributed by atoms with van der Waals surface area (Å²) in [5.74, 6) is 1.42. The molecule has 0 radical (unpaired) electrons. The van der Waals surface area contributed by atoms with Crippen molar-refractivity contribution in [2.75, 3.05) is 12.4 Å². The first kappa shape index (κ1) is 10.7. The molecule has 0 aromatic carbocycles. The van der Waals surface area contributed by atoms with E-state index in [2.05, 4.69) is 12.2 Å². The molecule has 2 rings (SSSR count). The van der Waals surface area contributed by atoms with Crippen LogP contribution in [0.15, 0.2) is 23.9 Å². The molecule has 0 spiro atoms. The Morgan fingerprint density at radius 1 is 1.60 bits per heavy atom. The van der Waals surface area contributed by atoms with Crippen molar-refractivity contribution >= 4 is 17.5 Å². The number of nitrogens with zero attached hydrogens (tertiary/aromatic N) is 1. The van der Waals surface area contributed by atoms with Crippen LogP contribution in [0.5, 0.6) is 0 Å². The Bertz CT molecular complexity index is 322. The molecule has 1 saturated heterocycles. The first-order valence-electron chi connectivity index (χ1n) is 5.49. The minimum Gasteiger partial charge on any atom is -0.316 e. The Morgan fingerprint density at radius 3 is 3.13 bits per heavy atom. The highest BCUT2D eigenvalue weighted by Gasteiger charge is 2.40. The molecule has 1 heterocycles. The Hall–Kier alpha value is -0.760. The van der Waals surface area contributed by atoms with Gasteiger partial charge in [-0.3, -0.25) is 4.79 Å². The average Bonchev–Trinajstić information content (AvgIpc) is 2.51. The highest BCUT2D eigenvalue weighted by Crippen LogP contribution is 2.38. The number of hydrogen-bond acceptors (Lipinski definition) is 1. The molecule has 0 aromatic rings. The number of carbonyl (C=O) groups excluding carboxylic acids is 1. The lowest BCUT2D eigenvalue weighted by molar-refractivity contribution is -0.130. The summed E-state index contributed by atoms with van der Waals surface area (Å²) in [6.45, 7) is 2.80. The number of halogens is 1. The van der Waals surface area contributed by atoms with Crippen molar-refractivity contribution in [2.24, 2.45) is 11.8 Å². The van der Waals surface area contributed by atoms with Crippen LogP contribution in [-0.4, -0.2) is 23.2 Å². The predicted molar refractivity (Wildman–Crippen MR) is 61.5 cm³/mol. The fraction of sp³-hybridized carbons (Fsp3) is 0.583. The third-order valence-corrected chi connectivity index (χ3v) is 3.53. The van der Waals surface area contributed by atoms with Crippen LogP contribution in [0.3, 0.4) is 0 Å². The lowest BCUT2D eigenvalue weighted by Crippen LogP contribution is -2.27. The van der Waals surface area contributed by atoms with Gasteiger partial charge < -0.3 is 4.90 Å². The maximum Gasteiger partial charge on any atom is 0.230 e. The number of amides is 1. The van der Waals surface area contributed by atoms with Gasteiger partial charge in [0.25, 0.3) is 0 Å². The lowest BCUT2D eigenvalue weighted by Gasteiger charge is -2.21. The number of rotatable bonds is 3. The van der Waals surface area contributed by atoms with E-state index in [-0.39, 0.29) is 11.8 Å². The third-order valence-electron chi connectivity index (χ3n) is 3.26. The minimum atomic E-state index is 0.136. The van der Waals surface area contributed by atoms with Crippen molar-refractivity contribution in [1.82, 2.24) is 4.90 Å². The molecule has 82 valence electrons. The zero-order valence-corrected chi connectivity index (χ0v) is 9.70. The summed E-state index contributed by atoms with van der Waals surface area (Å²) in [6.07, 6.45) is 8.13. The van der Waals surface area contributed by atoms with Crippen molar-refractivity contribution in [2.45, 2.75) is 19.8 Å². The second-order valence-corrected chi connectivity index (χ2v) is 4.56. The molecule has 2 atom stereocenters. The third kappa shape index (κ3) is 1.83. The van der Waals surface area contributed by atoms with Crippen LogP contribution in [0.2, 0.25) is 0 Å². The molecule has 1 aliphatic carbocycles. The van der Waals surface area contributed by atoms with Crippen LogP contribution in [-0.2, 0) is 4.79 Å². The van der Waals surface area contributed by atoms with Gasteiger partial charge in [-0.15, -0.1) is 11.6 Å². The molecule has 2 unspecified atom stereocenters. The van der Waals surface area contributed by atoms with Gasteiger partial charge >= 0.3 is 0 Å². The number of likely N-dealkylation sites (tertiary alicyclic amines) is 1. The summed E-state index contributed by atoms with van der Waals surface area (Å²) in [6, 6.07) is 0. The van der Waals surface area contributed by atoms with Crippen LogP contribution in [0.1, 0.15) is 19.8 Å². The monoisotopic (exact) mass is 225 g/mol. The number of fused-ring (bicyclic) bond motifs is 1. The first-order valence-corrected chi connectivity index (χ1v) is 6.03. The predicted octanol–water partition coefficient (Wildman–Crippen LogP) is 2.55. The number of hydrogen-bond donors (Lipinski definition) is 0. The number of carbonyl (C=O) groups is 1. The van der Waals surface area contributed by atoms with Gasteiger partial charge in [0, 0.05) is 30.0 Å². The van der Waals surface area contributed by atoms with Gasteiger partial charge in [-0.1, -0.05) is 19.1 Å². The van der Waals surface area contributed by atoms with E-state index in [9.17, 15) is 4.79 Å². The summed E-state index contributed by atoms with van der Waals surface area (Å²) in [7, 11) is 0. The Morgan fingerprint density at radius 2 is 2.40 bits per heavy atom. The van der Waals surface area contributed by atoms with Gasteiger partial charge in [0.05, 0.1) is 0 Å². The van der Waals surface area contributed by atoms with Crippen molar-refractivity contribution in [3.05, 3.63) is 23.9 Å². The molecule has 0 bridgehead atoms. The van der Waals surface area contributed by atoms with Gasteiger partial charge in [-0.05, 0) is 18.9 Å². The summed E-state index contributed by atoms with van der Waals surface area (Å²) in [5.41, 5.74) is 1.19. The molecule has 0 N–H and O–H groups in total. The lowest BCUT2D eigenvalue weighted by atomic mass is 9.89. The van der Waals surface area contributed by atoms with E-state index in [0.29, 0.717) is 11.8 Å². The number of alkyl halides is 1. The fourth-order valence-corrected chi connectivity index (χ4v) is 2.51. The largest absolute Gasteiger partial charge is 0.316 e. The molecule has 3 heteroatoms. The van der Waals surface area contributed by atoms with E-state index in [1.54, 1.807) is 0 Å². The molecule has 1 aliphatic heterocycles. The van der Waals surface area contributed by atoms with E-state index >= 15 is 0 Å². The highest BCUT2D eigenvalue weighted by atomic mass is 35.5. The zero-order chi connectivity index (χ0) is 10.8. The van der Waals surface area contributed by atoms with E-state index < -0.39 is 0 Å². The quantitative estimate of drug-likeness (QED) is 0.676. The topological polar surface area (TPSA) is 20.3 Å². The van der Waals surface area contributed by atoms with Gasteiger partial charge in [-0.25, -0.2) is 0 Å². The van der Waals surface area contributed by atoms with Crippen molar-refractivity contribution < 1.29 is 4.79 Å². The van der Waals surface area contributed by atoms with Gasteiger partial charge in [-0.2, -0.15) is 0 Å². The Kier molecular flexibility index (Phi) is 3.15. The second kappa shape index (κ2) is 4.40. The van der Waals surface area contributed by atoms with Crippen LogP contribution in [0.4, 0.5) is 0 Å². The summed E-state index contributed by atoms with van der Waals surface area (Å²) in [5, 5.41) is 0. The zero-order valence-electron chi connectivity index (χ0n) is 8.95. The SMILES string of the molecule is CC1C(=O)N(CCCCl)C2=CC=CCC21. The first-order chi connectivity index (χ1) is 7.25. The highest BCUT2D eigenvalue weighted by molar-refractivity contribution is 6.17. The van der Waals surface area contributed by atoms with Gasteiger partial charge in [0.1, 0.15) is 0 Å². The van der Waals surface area contributed by atoms with Gasteiger partial charge in [0.2, 0.25) is 5.91 Å². The molecule has 2 aliphatic rings. The van der Waals surface area contributed by atoms with Crippen LogP contribution < -0.4 is 0 Å². The maximum atomic E-state index is 12.0. The van der Waals surface area contributed by atoms with E-state index in [1.165, 1.54) is 5.70 Å². The molecular weight excluding hydrogens is 210 g/mol. The van der Waals surface area contributed by atoms with E-state index in [1.807, 2.05) is 17.9 Å². The van der Waals surface area contributed by atoms with Crippen molar-refractivity contribution in [3.8, 4) is 0 Å².